The van der Waals surface area contributed by atoms with Crippen LogP contribution in [-0.4, -0.2) is 48.0 Å². The van der Waals surface area contributed by atoms with Crippen molar-refractivity contribution in [1.82, 2.24) is 15.2 Å². The maximum Gasteiger partial charge on any atom is 0.417 e. The van der Waals surface area contributed by atoms with Crippen LogP contribution in [0.3, 0.4) is 0 Å². The molecule has 0 bridgehead atoms. The van der Waals surface area contributed by atoms with E-state index in [4.69, 9.17) is 0 Å². The van der Waals surface area contributed by atoms with Gasteiger partial charge in [0, 0.05) is 25.8 Å². The van der Waals surface area contributed by atoms with Crippen LogP contribution < -0.4 is 10.2 Å². The number of nitrogens with zero attached hydrogens (tertiary/aromatic N) is 3. The second kappa shape index (κ2) is 8.56. The minimum Gasteiger partial charge on any atom is -0.352 e. The van der Waals surface area contributed by atoms with Gasteiger partial charge < -0.3 is 15.1 Å². The Morgan fingerprint density at radius 3 is 2.55 bits per heavy atom. The molecule has 1 aromatic heterocycles. The van der Waals surface area contributed by atoms with Crippen molar-refractivity contribution >= 4 is 17.6 Å². The van der Waals surface area contributed by atoms with E-state index in [1.807, 2.05) is 4.90 Å². The minimum absolute atomic E-state index is 0.130. The van der Waals surface area contributed by atoms with Gasteiger partial charge >= 0.3 is 6.18 Å². The third-order valence-electron chi connectivity index (χ3n) is 5.53. The number of alkyl halides is 3. The molecule has 2 fully saturated rings. The average Bonchev–Trinajstić information content (AvgIpc) is 3.61. The van der Waals surface area contributed by atoms with Crippen molar-refractivity contribution in [1.29, 1.82) is 0 Å². The number of aromatic nitrogens is 1. The van der Waals surface area contributed by atoms with Crippen molar-refractivity contribution in [2.24, 2.45) is 5.92 Å². The van der Waals surface area contributed by atoms with Gasteiger partial charge in [0.25, 0.3) is 11.8 Å². The highest BCUT2D eigenvalue weighted by molar-refractivity contribution is 5.96. The zero-order valence-corrected chi connectivity index (χ0v) is 16.9. The van der Waals surface area contributed by atoms with Gasteiger partial charge in [-0.05, 0) is 49.4 Å². The molecule has 6 nitrogen and oxygen atoms in total. The number of hydrogen-bond donors (Lipinski definition) is 1. The highest BCUT2D eigenvalue weighted by atomic mass is 19.4. The van der Waals surface area contributed by atoms with Crippen LogP contribution in [0, 0.1) is 5.92 Å². The fourth-order valence-corrected chi connectivity index (χ4v) is 3.61. The lowest BCUT2D eigenvalue weighted by atomic mass is 10.1. The molecule has 2 aliphatic rings. The first-order chi connectivity index (χ1) is 14.8. The summed E-state index contributed by atoms with van der Waals surface area (Å²) < 4.78 is 39.9. The zero-order valence-electron chi connectivity index (χ0n) is 16.9. The summed E-state index contributed by atoms with van der Waals surface area (Å²) in [4.78, 5) is 32.6. The van der Waals surface area contributed by atoms with Crippen molar-refractivity contribution in [2.45, 2.75) is 25.4 Å². The summed E-state index contributed by atoms with van der Waals surface area (Å²) in [5.74, 6) is 0.315. The molecular formula is C22H23F3N4O2. The van der Waals surface area contributed by atoms with Crippen molar-refractivity contribution in [3.05, 3.63) is 59.3 Å². The number of amides is 2. The average molecular weight is 432 g/mol. The Kier molecular flexibility index (Phi) is 5.84. The lowest BCUT2D eigenvalue weighted by Gasteiger charge is -2.36. The van der Waals surface area contributed by atoms with Gasteiger partial charge in [-0.1, -0.05) is 12.1 Å². The van der Waals surface area contributed by atoms with Crippen LogP contribution in [0.2, 0.25) is 0 Å². The first-order valence-corrected chi connectivity index (χ1v) is 10.3. The Hall–Kier alpha value is -3.10. The third kappa shape index (κ3) is 4.98. The van der Waals surface area contributed by atoms with E-state index < -0.39 is 17.6 Å². The number of carbonyl (C=O) groups excluding carboxylic acids is 2. The summed E-state index contributed by atoms with van der Waals surface area (Å²) in [6.07, 6.45) is -0.216. The Morgan fingerprint density at radius 1 is 1.10 bits per heavy atom. The number of rotatable bonds is 5. The van der Waals surface area contributed by atoms with Gasteiger partial charge in [-0.25, -0.2) is 4.98 Å². The molecule has 1 aliphatic carbocycles. The van der Waals surface area contributed by atoms with Gasteiger partial charge in [0.2, 0.25) is 0 Å². The maximum absolute atomic E-state index is 13.3. The van der Waals surface area contributed by atoms with E-state index >= 15 is 0 Å². The predicted molar refractivity (Wildman–Crippen MR) is 109 cm³/mol. The first kappa shape index (κ1) is 21.1. The number of halogens is 3. The van der Waals surface area contributed by atoms with E-state index in [0.29, 0.717) is 43.4 Å². The van der Waals surface area contributed by atoms with Gasteiger partial charge in [-0.2, -0.15) is 13.2 Å². The lowest BCUT2D eigenvalue weighted by molar-refractivity contribution is -0.138. The molecule has 2 aromatic rings. The van der Waals surface area contributed by atoms with E-state index in [-0.39, 0.29) is 18.1 Å². The summed E-state index contributed by atoms with van der Waals surface area (Å²) in [6, 6.07) is 8.20. The summed E-state index contributed by atoms with van der Waals surface area (Å²) in [5.41, 5.74) is -0.835. The van der Waals surface area contributed by atoms with Crippen molar-refractivity contribution in [2.75, 3.05) is 31.2 Å². The van der Waals surface area contributed by atoms with Crippen LogP contribution in [0.25, 0.3) is 0 Å². The lowest BCUT2D eigenvalue weighted by Crippen LogP contribution is -2.48. The van der Waals surface area contributed by atoms with Gasteiger partial charge in [0.1, 0.15) is 5.82 Å². The number of pyridine rings is 1. The molecule has 2 heterocycles. The first-order valence-electron chi connectivity index (χ1n) is 10.3. The largest absolute Gasteiger partial charge is 0.417 e. The molecule has 1 aliphatic heterocycles. The molecule has 1 N–H and O–H groups in total. The number of carbonyl (C=O) groups is 2. The highest BCUT2D eigenvalue weighted by Gasteiger charge is 2.36. The molecule has 2 amide bonds. The number of anilines is 1. The second-order valence-corrected chi connectivity index (χ2v) is 7.93. The molecule has 0 atom stereocenters. The topological polar surface area (TPSA) is 65.5 Å². The van der Waals surface area contributed by atoms with Crippen LogP contribution in [0.5, 0.6) is 0 Å². The molecule has 1 saturated carbocycles. The monoisotopic (exact) mass is 432 g/mol. The van der Waals surface area contributed by atoms with Crippen LogP contribution in [-0.2, 0) is 6.18 Å². The van der Waals surface area contributed by atoms with Crippen molar-refractivity contribution in [3.63, 3.8) is 0 Å². The summed E-state index contributed by atoms with van der Waals surface area (Å²) in [6.45, 7) is 1.78. The van der Waals surface area contributed by atoms with Gasteiger partial charge in [-0.15, -0.1) is 0 Å². The fraction of sp³-hybridized carbons (Fsp3) is 0.409. The van der Waals surface area contributed by atoms with Crippen LogP contribution in [0.1, 0.15) is 45.5 Å². The zero-order chi connectivity index (χ0) is 22.0. The quantitative estimate of drug-likeness (QED) is 0.785. The van der Waals surface area contributed by atoms with Crippen LogP contribution in [0.15, 0.2) is 42.6 Å². The van der Waals surface area contributed by atoms with E-state index in [9.17, 15) is 22.8 Å². The fourth-order valence-electron chi connectivity index (χ4n) is 3.61. The van der Waals surface area contributed by atoms with Gasteiger partial charge in [0.05, 0.1) is 23.4 Å². The van der Waals surface area contributed by atoms with E-state index in [1.54, 1.807) is 12.1 Å². The molecule has 0 spiro atoms. The molecule has 1 saturated heterocycles. The minimum atomic E-state index is -4.60. The predicted octanol–water partition coefficient (Wildman–Crippen LogP) is 3.55. The summed E-state index contributed by atoms with van der Waals surface area (Å²) >= 11 is 0. The Balaban J connectivity index is 1.44. The molecule has 31 heavy (non-hydrogen) atoms. The maximum atomic E-state index is 13.3. The molecule has 0 radical (unpaired) electrons. The van der Waals surface area contributed by atoms with Crippen LogP contribution in [0.4, 0.5) is 19.0 Å². The summed E-state index contributed by atoms with van der Waals surface area (Å²) in [7, 11) is 0. The number of nitrogens with one attached hydrogen (secondary N) is 1. The molecule has 0 unspecified atom stereocenters. The van der Waals surface area contributed by atoms with Crippen molar-refractivity contribution in [3.8, 4) is 0 Å². The normalized spacial score (nSPS) is 16.9. The van der Waals surface area contributed by atoms with E-state index in [0.717, 1.165) is 18.9 Å². The third-order valence-corrected chi connectivity index (χ3v) is 5.53. The Morgan fingerprint density at radius 2 is 1.87 bits per heavy atom. The molecule has 9 heteroatoms. The van der Waals surface area contributed by atoms with Gasteiger partial charge in [-0.3, -0.25) is 9.59 Å². The SMILES string of the molecule is O=C(NCC1CC1)c1ccc(N2CCCN(C(=O)c3ccccc3C(F)(F)F)C2)nc1. The van der Waals surface area contributed by atoms with Crippen LogP contribution >= 0.6 is 0 Å². The molecule has 1 aromatic carbocycles. The van der Waals surface area contributed by atoms with Gasteiger partial charge in [0.15, 0.2) is 0 Å². The van der Waals surface area contributed by atoms with Crippen molar-refractivity contribution < 1.29 is 22.8 Å². The highest BCUT2D eigenvalue weighted by Crippen LogP contribution is 2.33. The Labute approximate surface area is 178 Å². The second-order valence-electron chi connectivity index (χ2n) is 7.93. The molecule has 4 rings (SSSR count). The summed E-state index contributed by atoms with van der Waals surface area (Å²) in [5, 5.41) is 2.88. The Bertz CT molecular complexity index is 958. The van der Waals surface area contributed by atoms with E-state index in [2.05, 4.69) is 10.3 Å². The number of hydrogen-bond acceptors (Lipinski definition) is 4. The standard InChI is InChI=1S/C22H23F3N4O2/c23-22(24,25)18-5-2-1-4-17(18)21(31)29-11-3-10-28(14-29)19-9-8-16(13-26-19)20(30)27-12-15-6-7-15/h1-2,4-5,8-9,13,15H,3,6-7,10-12,14H2,(H,27,30). The molecular weight excluding hydrogens is 409 g/mol. The number of benzene rings is 1. The molecule has 164 valence electrons. The smallest absolute Gasteiger partial charge is 0.352 e. The van der Waals surface area contributed by atoms with E-state index in [1.165, 1.54) is 29.3 Å².